The molecule has 1 aromatic rings. The summed E-state index contributed by atoms with van der Waals surface area (Å²) in [7, 11) is 0. The molecule has 18 heavy (non-hydrogen) atoms. The summed E-state index contributed by atoms with van der Waals surface area (Å²) in [4.78, 5) is 2.58. The first-order valence-electron chi connectivity index (χ1n) is 7.12. The molecule has 0 amide bonds. The topological polar surface area (TPSA) is 29.4 Å². The third-order valence-corrected chi connectivity index (χ3v) is 4.18. The van der Waals surface area contributed by atoms with Crippen LogP contribution < -0.4 is 10.6 Å². The smallest absolute Gasteiger partial charge is 0.113 e. The van der Waals surface area contributed by atoms with Crippen LogP contribution in [0.25, 0.3) is 0 Å². The van der Waals surface area contributed by atoms with Gasteiger partial charge in [-0.3, -0.25) is 4.90 Å². The number of benzene rings is 1. The van der Waals surface area contributed by atoms with Crippen molar-refractivity contribution in [3.05, 3.63) is 35.9 Å². The van der Waals surface area contributed by atoms with Gasteiger partial charge >= 0.3 is 0 Å². The highest BCUT2D eigenvalue weighted by atomic mass is 15.3. The fourth-order valence-corrected chi connectivity index (χ4v) is 3.24. The van der Waals surface area contributed by atoms with Crippen molar-refractivity contribution in [3.63, 3.8) is 0 Å². The van der Waals surface area contributed by atoms with Gasteiger partial charge in [0.25, 0.3) is 0 Å². The summed E-state index contributed by atoms with van der Waals surface area (Å²) in [5.41, 5.74) is 1.34. The summed E-state index contributed by atoms with van der Waals surface area (Å²) in [6.07, 6.45) is 3.72. The van der Waals surface area contributed by atoms with E-state index in [0.717, 1.165) is 32.7 Å². The first-order valence-corrected chi connectivity index (χ1v) is 7.12. The normalized spacial score (nSPS) is 30.2. The lowest BCUT2D eigenvalue weighted by atomic mass is 9.88. The van der Waals surface area contributed by atoms with Crippen molar-refractivity contribution < 1.29 is 0 Å². The van der Waals surface area contributed by atoms with Crippen molar-refractivity contribution in [3.8, 4) is 0 Å². The Bertz CT molecular complexity index is 365. The fraction of sp³-hybridized carbons (Fsp3) is 0.600. The number of piperazine rings is 1. The fourth-order valence-electron chi connectivity index (χ4n) is 3.24. The largest absolute Gasteiger partial charge is 0.314 e. The van der Waals surface area contributed by atoms with Crippen LogP contribution in [0.5, 0.6) is 0 Å². The van der Waals surface area contributed by atoms with E-state index in [9.17, 15) is 0 Å². The Hall–Kier alpha value is -0.900. The lowest BCUT2D eigenvalue weighted by molar-refractivity contribution is 0.0120. The summed E-state index contributed by atoms with van der Waals surface area (Å²) < 4.78 is 0. The highest BCUT2D eigenvalue weighted by Crippen LogP contribution is 2.35. The van der Waals surface area contributed by atoms with Gasteiger partial charge in [-0.1, -0.05) is 30.3 Å². The molecular formula is C15H22N3. The Morgan fingerprint density at radius 3 is 2.50 bits per heavy atom. The minimum absolute atomic E-state index is 0.0401. The molecule has 0 saturated carbocycles. The molecular weight excluding hydrogens is 222 g/mol. The van der Waals surface area contributed by atoms with Crippen molar-refractivity contribution in [2.75, 3.05) is 32.7 Å². The van der Waals surface area contributed by atoms with Crippen LogP contribution in [0, 0.1) is 0 Å². The molecule has 0 spiro atoms. The molecule has 2 saturated heterocycles. The number of nitrogens with zero attached hydrogens (tertiary/aromatic N) is 2. The van der Waals surface area contributed by atoms with Crippen LogP contribution in [-0.4, -0.2) is 37.6 Å². The van der Waals surface area contributed by atoms with E-state index in [0.29, 0.717) is 0 Å². The highest BCUT2D eigenvalue weighted by Gasteiger charge is 2.40. The average Bonchev–Trinajstić information content (AvgIpc) is 2.50. The molecule has 2 heterocycles. The lowest BCUT2D eigenvalue weighted by Gasteiger charge is -2.48. The van der Waals surface area contributed by atoms with Crippen molar-refractivity contribution in [1.29, 1.82) is 0 Å². The standard InChI is InChI=1S/C15H22N3/c1-2-6-14(7-3-1)15(8-4-5-9-17-15)18-12-10-16-11-13-18/h1-3,6-7,16H,4-5,8-13H2. The number of rotatable bonds is 2. The van der Waals surface area contributed by atoms with Gasteiger partial charge in [-0.05, 0) is 24.8 Å². The molecule has 0 aromatic heterocycles. The maximum atomic E-state index is 5.05. The van der Waals surface area contributed by atoms with Crippen LogP contribution in [0.1, 0.15) is 24.8 Å². The van der Waals surface area contributed by atoms with Crippen LogP contribution in [0.3, 0.4) is 0 Å². The van der Waals surface area contributed by atoms with Gasteiger partial charge < -0.3 is 5.32 Å². The van der Waals surface area contributed by atoms with E-state index in [-0.39, 0.29) is 5.66 Å². The van der Waals surface area contributed by atoms with Gasteiger partial charge in [-0.2, -0.15) is 0 Å². The SMILES string of the molecule is c1ccc(C2(N3CCNCC3)CCCC[N]2)cc1. The maximum absolute atomic E-state index is 5.05. The summed E-state index contributed by atoms with van der Waals surface area (Å²) in [6.45, 7) is 5.41. The summed E-state index contributed by atoms with van der Waals surface area (Å²) in [6, 6.07) is 10.9. The van der Waals surface area contributed by atoms with Gasteiger partial charge in [0.15, 0.2) is 0 Å². The minimum Gasteiger partial charge on any atom is -0.314 e. The molecule has 2 aliphatic rings. The number of hydrogen-bond donors (Lipinski definition) is 1. The molecule has 3 rings (SSSR count). The second kappa shape index (κ2) is 5.39. The third-order valence-electron chi connectivity index (χ3n) is 4.18. The Kier molecular flexibility index (Phi) is 3.64. The highest BCUT2D eigenvalue weighted by molar-refractivity contribution is 5.24. The summed E-state index contributed by atoms with van der Waals surface area (Å²) in [5.74, 6) is 0. The monoisotopic (exact) mass is 244 g/mol. The zero-order valence-electron chi connectivity index (χ0n) is 10.9. The van der Waals surface area contributed by atoms with E-state index in [2.05, 4.69) is 40.5 Å². The van der Waals surface area contributed by atoms with E-state index in [4.69, 9.17) is 5.32 Å². The molecule has 1 N–H and O–H groups in total. The summed E-state index contributed by atoms with van der Waals surface area (Å²) >= 11 is 0. The molecule has 0 bridgehead atoms. The van der Waals surface area contributed by atoms with Crippen molar-refractivity contribution in [2.24, 2.45) is 0 Å². The molecule has 1 unspecified atom stereocenters. The van der Waals surface area contributed by atoms with Gasteiger partial charge in [0.2, 0.25) is 0 Å². The molecule has 0 aliphatic carbocycles. The Morgan fingerprint density at radius 2 is 1.83 bits per heavy atom. The third kappa shape index (κ3) is 2.18. The molecule has 1 radical (unpaired) electrons. The Labute approximate surface area is 110 Å². The molecule has 1 atom stereocenters. The Balaban J connectivity index is 1.92. The lowest BCUT2D eigenvalue weighted by Crippen LogP contribution is -2.59. The van der Waals surface area contributed by atoms with Crippen LogP contribution in [0.2, 0.25) is 0 Å². The predicted molar refractivity (Wildman–Crippen MR) is 73.4 cm³/mol. The van der Waals surface area contributed by atoms with Crippen LogP contribution in [-0.2, 0) is 5.66 Å². The average molecular weight is 244 g/mol. The first kappa shape index (κ1) is 12.2. The molecule has 2 fully saturated rings. The molecule has 1 aromatic carbocycles. The van der Waals surface area contributed by atoms with Crippen LogP contribution in [0.15, 0.2) is 30.3 Å². The van der Waals surface area contributed by atoms with E-state index >= 15 is 0 Å². The minimum atomic E-state index is -0.0401. The van der Waals surface area contributed by atoms with Crippen LogP contribution >= 0.6 is 0 Å². The van der Waals surface area contributed by atoms with Crippen molar-refractivity contribution in [2.45, 2.75) is 24.9 Å². The van der Waals surface area contributed by atoms with Crippen LogP contribution in [0.4, 0.5) is 0 Å². The van der Waals surface area contributed by atoms with Gasteiger partial charge in [0, 0.05) is 32.7 Å². The van der Waals surface area contributed by atoms with E-state index in [1.54, 1.807) is 0 Å². The van der Waals surface area contributed by atoms with Gasteiger partial charge in [0.1, 0.15) is 5.66 Å². The zero-order chi connectivity index (χ0) is 12.3. The van der Waals surface area contributed by atoms with Gasteiger partial charge in [-0.25, -0.2) is 5.32 Å². The molecule has 3 heteroatoms. The van der Waals surface area contributed by atoms with E-state index in [1.807, 2.05) is 0 Å². The molecule has 3 nitrogen and oxygen atoms in total. The van der Waals surface area contributed by atoms with Crippen molar-refractivity contribution in [1.82, 2.24) is 15.5 Å². The molecule has 2 aliphatic heterocycles. The van der Waals surface area contributed by atoms with Crippen molar-refractivity contribution >= 4 is 0 Å². The molecule has 97 valence electrons. The second-order valence-electron chi connectivity index (χ2n) is 5.26. The summed E-state index contributed by atoms with van der Waals surface area (Å²) in [5, 5.41) is 8.49. The van der Waals surface area contributed by atoms with Gasteiger partial charge in [-0.15, -0.1) is 0 Å². The predicted octanol–water partition coefficient (Wildman–Crippen LogP) is 1.53. The first-order chi connectivity index (χ1) is 8.92. The van der Waals surface area contributed by atoms with Gasteiger partial charge in [0.05, 0.1) is 0 Å². The zero-order valence-corrected chi connectivity index (χ0v) is 10.9. The second-order valence-corrected chi connectivity index (χ2v) is 5.26. The number of hydrogen-bond acceptors (Lipinski definition) is 2. The quantitative estimate of drug-likeness (QED) is 0.855. The number of piperidine rings is 1. The van der Waals surface area contributed by atoms with E-state index in [1.165, 1.54) is 24.8 Å². The Morgan fingerprint density at radius 1 is 1.06 bits per heavy atom. The maximum Gasteiger partial charge on any atom is 0.113 e. The number of nitrogens with one attached hydrogen (secondary N) is 1. The van der Waals surface area contributed by atoms with E-state index < -0.39 is 0 Å².